The second-order valence-corrected chi connectivity index (χ2v) is 9.37. The minimum Gasteiger partial charge on any atom is 0 e. The van der Waals surface area contributed by atoms with Crippen molar-refractivity contribution in [1.29, 1.82) is 0 Å². The summed E-state index contributed by atoms with van der Waals surface area (Å²) in [6.45, 7) is 0. The first-order valence-corrected chi connectivity index (χ1v) is 11.3. The van der Waals surface area contributed by atoms with Gasteiger partial charge in [0, 0.05) is 19.5 Å². The van der Waals surface area contributed by atoms with Crippen LogP contribution in [0.1, 0.15) is 0 Å². The summed E-state index contributed by atoms with van der Waals surface area (Å²) in [5, 5.41) is 0. The molecule has 0 bridgehead atoms. The zero-order chi connectivity index (χ0) is 15.4. The predicted octanol–water partition coefficient (Wildman–Crippen LogP) is -3.33. The molecule has 0 radical (unpaired) electrons. The molecule has 0 saturated carbocycles. The Balaban J connectivity index is -0.000000256. The van der Waals surface area contributed by atoms with E-state index in [2.05, 4.69) is 5.68 Å². The van der Waals surface area contributed by atoms with Gasteiger partial charge in [-0.25, -0.2) is 0 Å². The molecule has 0 aliphatic rings. The first-order valence-electron chi connectivity index (χ1n) is 2.73. The van der Waals surface area contributed by atoms with Gasteiger partial charge in [-0.2, -0.15) is 0 Å². The second kappa shape index (κ2) is 8.38. The first-order chi connectivity index (χ1) is 7.41. The third-order valence-corrected chi connectivity index (χ3v) is 5.85. The molecule has 0 aliphatic heterocycles. The fourth-order valence-electron chi connectivity index (χ4n) is 0.217. The standard InChI is InChI=1S/4Cr.4H2O.10O.Zn/h;;;;4*1H2;;;;;;;;;;;/q4*+1;;;;;;;;;;;;;;;/p-4. The molecule has 0 aromatic carbocycles. The van der Waals surface area contributed by atoms with Crippen molar-refractivity contribution in [3.8, 4) is 0 Å². The Morgan fingerprint density at radius 3 is 0.579 bits per heavy atom. The summed E-state index contributed by atoms with van der Waals surface area (Å²) in [4.78, 5) is 0. The average molecular weight is 501 g/mol. The van der Waals surface area contributed by atoms with Gasteiger partial charge in [-0.05, 0) is 0 Å². The molecule has 4 N–H and O–H groups in total. The van der Waals surface area contributed by atoms with Gasteiger partial charge in [-0.3, -0.25) is 0 Å². The maximum Gasteiger partial charge on any atom is 0 e. The Morgan fingerprint density at radius 1 is 0.474 bits per heavy atom. The second-order valence-electron chi connectivity index (χ2n) is 1.85. The fourth-order valence-corrected chi connectivity index (χ4v) is 3.69. The van der Waals surface area contributed by atoms with Crippen LogP contribution >= 0.6 is 0 Å². The number of hydrogen-bond acceptors (Lipinski definition) is 10. The van der Waals surface area contributed by atoms with E-state index in [9.17, 15) is 30.4 Å². The third-order valence-electron chi connectivity index (χ3n) is 0.344. The number of rotatable bonds is 4. The molecule has 0 unspecified atom stereocenters. The SMILES string of the molecule is [O]=[Cr](=[O])([OH])[O][Cr](=[O])(=[O])[OH].[O]=[Cr](=[O])([OH])[O][Cr](=[O])(=[O])[OH].[Zn]. The molecule has 0 atom stereocenters. The summed E-state index contributed by atoms with van der Waals surface area (Å²) < 4.78 is 113. The van der Waals surface area contributed by atoms with E-state index in [0.29, 0.717) is 0 Å². The predicted molar refractivity (Wildman–Crippen MR) is 16.5 cm³/mol. The van der Waals surface area contributed by atoms with Crippen molar-refractivity contribution < 1.29 is 127 Å². The van der Waals surface area contributed by atoms with Gasteiger partial charge in [0.2, 0.25) is 0 Å². The summed E-state index contributed by atoms with van der Waals surface area (Å²) in [6.07, 6.45) is 0. The average Bonchev–Trinajstić information content (AvgIpc) is 1.64. The molecule has 19 heteroatoms. The Labute approximate surface area is 126 Å². The van der Waals surface area contributed by atoms with Crippen LogP contribution in [0, 0.1) is 0 Å². The van der Waals surface area contributed by atoms with Gasteiger partial charge in [-0.1, -0.05) is 0 Å². The van der Waals surface area contributed by atoms with Crippen LogP contribution in [0.5, 0.6) is 0 Å². The number of hydrogen-bond donors (Lipinski definition) is 4. The van der Waals surface area contributed by atoms with E-state index in [1.54, 1.807) is 0 Å². The molecule has 0 aliphatic carbocycles. The molecule has 0 amide bonds. The van der Waals surface area contributed by atoms with Crippen molar-refractivity contribution in [2.24, 2.45) is 0 Å². The van der Waals surface area contributed by atoms with E-state index in [0.717, 1.165) is 0 Å². The van der Waals surface area contributed by atoms with Gasteiger partial charge >= 0.3 is 107 Å². The van der Waals surface area contributed by atoms with Crippen molar-refractivity contribution in [2.75, 3.05) is 0 Å². The molecule has 19 heavy (non-hydrogen) atoms. The van der Waals surface area contributed by atoms with Crippen molar-refractivity contribution in [3.05, 3.63) is 0 Å². The van der Waals surface area contributed by atoms with E-state index in [1.165, 1.54) is 0 Å². The smallest absolute Gasteiger partial charge is 0 e. The largest absolute Gasteiger partial charge is 0 e. The first kappa shape index (κ1) is 24.9. The summed E-state index contributed by atoms with van der Waals surface area (Å²) in [5.41, 5.74) is 0. The van der Waals surface area contributed by atoms with Crippen LogP contribution in [0.25, 0.3) is 0 Å². The molecule has 14 nitrogen and oxygen atoms in total. The maximum absolute atomic E-state index is 9.53. The molecular formula is H4Cr4O14Zn. The van der Waals surface area contributed by atoms with Crippen LogP contribution in [-0.2, 0) is 110 Å². The Morgan fingerprint density at radius 2 is 0.579 bits per heavy atom. The molecular weight excluding hydrogens is 497 g/mol. The van der Waals surface area contributed by atoms with Gasteiger partial charge in [-0.15, -0.1) is 0 Å². The van der Waals surface area contributed by atoms with Crippen molar-refractivity contribution in [1.82, 2.24) is 0 Å². The summed E-state index contributed by atoms with van der Waals surface area (Å²) in [5.74, 6) is 0. The van der Waals surface area contributed by atoms with Gasteiger partial charge in [0.25, 0.3) is 0 Å². The van der Waals surface area contributed by atoms with Crippen LogP contribution in [0.15, 0.2) is 0 Å². The van der Waals surface area contributed by atoms with Gasteiger partial charge in [0.15, 0.2) is 0 Å². The van der Waals surface area contributed by atoms with Crippen LogP contribution in [0.2, 0.25) is 0 Å². The van der Waals surface area contributed by atoms with Crippen LogP contribution in [0.4, 0.5) is 0 Å². The molecule has 0 spiro atoms. The van der Waals surface area contributed by atoms with Gasteiger partial charge < -0.3 is 0 Å². The Kier molecular flexibility index (Phi) is 11.0. The van der Waals surface area contributed by atoms with Crippen LogP contribution in [0.3, 0.4) is 0 Å². The minimum atomic E-state index is -5.76. The minimum absolute atomic E-state index is 0. The molecule has 0 aromatic rings. The fraction of sp³-hybridized carbons (Fsp3) is 0. The molecule has 114 valence electrons. The quantitative estimate of drug-likeness (QED) is 0.276. The van der Waals surface area contributed by atoms with Crippen molar-refractivity contribution in [3.63, 3.8) is 0 Å². The van der Waals surface area contributed by atoms with Crippen LogP contribution in [-0.4, -0.2) is 16.6 Å². The Hall–Kier alpha value is 0.913. The maximum atomic E-state index is 9.53. The topological polar surface area (TPSA) is 236 Å². The molecule has 0 aromatic heterocycles. The van der Waals surface area contributed by atoms with Gasteiger partial charge in [0.05, 0.1) is 0 Å². The van der Waals surface area contributed by atoms with E-state index in [-0.39, 0.29) is 19.5 Å². The zero-order valence-corrected chi connectivity index (χ0v) is 16.3. The van der Waals surface area contributed by atoms with Gasteiger partial charge in [0.1, 0.15) is 0 Å². The van der Waals surface area contributed by atoms with Crippen LogP contribution < -0.4 is 0 Å². The molecule has 0 rings (SSSR count). The third kappa shape index (κ3) is 32.4. The van der Waals surface area contributed by atoms with Crippen molar-refractivity contribution >= 4 is 0 Å². The molecule has 0 saturated heterocycles. The van der Waals surface area contributed by atoms with E-state index < -0.39 is 54.5 Å². The monoisotopic (exact) mass is 500 g/mol. The molecule has 0 heterocycles. The zero-order valence-electron chi connectivity index (χ0n) is 8.21. The van der Waals surface area contributed by atoms with E-state index >= 15 is 0 Å². The summed E-state index contributed by atoms with van der Waals surface area (Å²) in [6, 6.07) is 0. The van der Waals surface area contributed by atoms with Crippen molar-refractivity contribution in [2.45, 2.75) is 0 Å². The molecule has 0 fully saturated rings. The summed E-state index contributed by atoms with van der Waals surface area (Å²) >= 11 is -23.0. The van der Waals surface area contributed by atoms with E-state index in [1.807, 2.05) is 0 Å². The Bertz CT molecular complexity index is 532. The summed E-state index contributed by atoms with van der Waals surface area (Å²) in [7, 11) is 0. The van der Waals surface area contributed by atoms with E-state index in [4.69, 9.17) is 16.6 Å². The normalized spacial score (nSPS) is 12.8.